The molecule has 0 aliphatic heterocycles. The molecule has 0 N–H and O–H groups in total. The number of benzene rings is 9. The van der Waals surface area contributed by atoms with E-state index in [1.807, 2.05) is 207 Å². The molecule has 6 heteroatoms. The molecule has 0 aliphatic carbocycles. The summed E-state index contributed by atoms with van der Waals surface area (Å²) in [6.45, 7) is 6.10. The lowest BCUT2D eigenvalue weighted by Crippen LogP contribution is -2.14. The summed E-state index contributed by atoms with van der Waals surface area (Å²) in [5.41, 5.74) is 12.4. The zero-order valence-corrected chi connectivity index (χ0v) is 38.6. The van der Waals surface area contributed by atoms with Gasteiger partial charge in [0.05, 0.1) is 16.7 Å². The quantitative estimate of drug-likeness (QED) is 0.101. The highest BCUT2D eigenvalue weighted by Gasteiger charge is 2.28. The molecular formula is C64H46N6. The smallest absolute Gasteiger partial charge is 0.101 e. The average molecular weight is 899 g/mol. The highest BCUT2D eigenvalue weighted by Crippen LogP contribution is 2.46. The number of allylic oxidation sites excluding steroid dienone is 4. The van der Waals surface area contributed by atoms with Crippen molar-refractivity contribution in [3.05, 3.63) is 278 Å². The molecule has 0 heterocycles. The third kappa shape index (κ3) is 9.11. The Labute approximate surface area is 410 Å². The van der Waals surface area contributed by atoms with E-state index in [1.54, 1.807) is 0 Å². The summed E-state index contributed by atoms with van der Waals surface area (Å²) in [6.07, 6.45) is 7.76. The molecule has 0 aliphatic rings. The normalized spacial score (nSPS) is 11.0. The molecular weight excluding hydrogens is 853 g/mol. The van der Waals surface area contributed by atoms with Crippen molar-refractivity contribution in [2.24, 2.45) is 0 Å². The van der Waals surface area contributed by atoms with Gasteiger partial charge >= 0.3 is 0 Å². The molecule has 9 rings (SSSR count). The van der Waals surface area contributed by atoms with Gasteiger partial charge in [0.25, 0.3) is 0 Å². The Morgan fingerprint density at radius 2 is 0.629 bits per heavy atom. The van der Waals surface area contributed by atoms with E-state index in [1.165, 1.54) is 0 Å². The van der Waals surface area contributed by atoms with Gasteiger partial charge in [0, 0.05) is 67.9 Å². The van der Waals surface area contributed by atoms with Crippen LogP contribution in [0.3, 0.4) is 0 Å². The van der Waals surface area contributed by atoms with Crippen molar-refractivity contribution in [2.45, 2.75) is 6.92 Å². The van der Waals surface area contributed by atoms with Crippen LogP contribution in [-0.2, 0) is 0 Å². The maximum atomic E-state index is 11.3. The minimum Gasteiger partial charge on any atom is -0.311 e. The Kier molecular flexibility index (Phi) is 13.7. The van der Waals surface area contributed by atoms with Crippen LogP contribution in [0.2, 0.25) is 0 Å². The van der Waals surface area contributed by atoms with Gasteiger partial charge in [-0.05, 0) is 133 Å². The molecule has 0 unspecified atom stereocenters. The first kappa shape index (κ1) is 45.2. The SMILES string of the molecule is C=C/C(=C\C=C/C)N(c1ccccc1)c1ccc(-c2c(C#N)c(-c3ccc(N(c4ccccc4)c4ccccc4)cc3)c(C#N)c(-c3ccc(N(c4ccccc4)c4ccccc4)cc3)c2C#N)cc1. The van der Waals surface area contributed by atoms with E-state index in [2.05, 4.69) is 88.0 Å². The summed E-state index contributed by atoms with van der Waals surface area (Å²) in [6, 6.07) is 81.8. The fourth-order valence-electron chi connectivity index (χ4n) is 8.94. The first-order chi connectivity index (χ1) is 34.6. The molecule has 9 aromatic rings. The van der Waals surface area contributed by atoms with E-state index < -0.39 is 0 Å². The molecule has 70 heavy (non-hydrogen) atoms. The van der Waals surface area contributed by atoms with Crippen molar-refractivity contribution in [1.29, 1.82) is 15.8 Å². The third-order valence-electron chi connectivity index (χ3n) is 12.1. The predicted molar refractivity (Wildman–Crippen MR) is 288 cm³/mol. The Bertz CT molecular complexity index is 3190. The average Bonchev–Trinajstić information content (AvgIpc) is 3.43. The molecule has 9 aromatic carbocycles. The maximum Gasteiger partial charge on any atom is 0.101 e. The van der Waals surface area contributed by atoms with Crippen molar-refractivity contribution in [1.82, 2.24) is 0 Å². The first-order valence-electron chi connectivity index (χ1n) is 22.9. The maximum absolute atomic E-state index is 11.3. The molecule has 0 saturated heterocycles. The van der Waals surface area contributed by atoms with Crippen LogP contribution in [0.15, 0.2) is 261 Å². The number of nitriles is 3. The second kappa shape index (κ2) is 21.1. The summed E-state index contributed by atoms with van der Waals surface area (Å²) >= 11 is 0. The second-order valence-electron chi connectivity index (χ2n) is 16.2. The van der Waals surface area contributed by atoms with Gasteiger partial charge in [-0.15, -0.1) is 0 Å². The summed E-state index contributed by atoms with van der Waals surface area (Å²) in [7, 11) is 0. The lowest BCUT2D eigenvalue weighted by molar-refractivity contribution is 1.21. The predicted octanol–water partition coefficient (Wildman–Crippen LogP) is 17.0. The number of nitrogens with zero attached hydrogens (tertiary/aromatic N) is 6. The van der Waals surface area contributed by atoms with Gasteiger partial charge in [0.15, 0.2) is 0 Å². The highest BCUT2D eigenvalue weighted by molar-refractivity contribution is 5.98. The van der Waals surface area contributed by atoms with E-state index in [9.17, 15) is 15.8 Å². The molecule has 0 fully saturated rings. The summed E-state index contributed by atoms with van der Waals surface area (Å²) in [4.78, 5) is 6.43. The van der Waals surface area contributed by atoms with Crippen LogP contribution in [-0.4, -0.2) is 0 Å². The monoisotopic (exact) mass is 898 g/mol. The molecule has 0 radical (unpaired) electrons. The molecule has 0 saturated carbocycles. The van der Waals surface area contributed by atoms with Crippen molar-refractivity contribution in [2.75, 3.05) is 14.7 Å². The molecule has 0 bridgehead atoms. The summed E-state index contributed by atoms with van der Waals surface area (Å²) in [5.74, 6) is 0. The van der Waals surface area contributed by atoms with Gasteiger partial charge in [0.2, 0.25) is 0 Å². The van der Waals surface area contributed by atoms with Crippen LogP contribution < -0.4 is 14.7 Å². The molecule has 0 atom stereocenters. The number of para-hydroxylation sites is 5. The molecule has 0 spiro atoms. The van der Waals surface area contributed by atoms with Crippen LogP contribution in [0.5, 0.6) is 0 Å². The van der Waals surface area contributed by atoms with Crippen molar-refractivity contribution >= 4 is 45.5 Å². The molecule has 332 valence electrons. The van der Waals surface area contributed by atoms with Gasteiger partial charge < -0.3 is 14.7 Å². The second-order valence-corrected chi connectivity index (χ2v) is 16.2. The van der Waals surface area contributed by atoms with Gasteiger partial charge in [0.1, 0.15) is 18.2 Å². The van der Waals surface area contributed by atoms with E-state index in [0.717, 1.165) is 51.2 Å². The molecule has 0 amide bonds. The van der Waals surface area contributed by atoms with E-state index >= 15 is 0 Å². The number of hydrogen-bond acceptors (Lipinski definition) is 6. The number of anilines is 8. The van der Waals surface area contributed by atoms with E-state index in [-0.39, 0.29) is 16.7 Å². The highest BCUT2D eigenvalue weighted by atomic mass is 15.2. The van der Waals surface area contributed by atoms with E-state index in [4.69, 9.17) is 0 Å². The number of rotatable bonds is 14. The van der Waals surface area contributed by atoms with Crippen molar-refractivity contribution < 1.29 is 0 Å². The van der Waals surface area contributed by atoms with Crippen molar-refractivity contribution in [3.63, 3.8) is 0 Å². The van der Waals surface area contributed by atoms with Gasteiger partial charge in [-0.25, -0.2) is 0 Å². The topological polar surface area (TPSA) is 81.1 Å². The van der Waals surface area contributed by atoms with Crippen LogP contribution in [0.4, 0.5) is 45.5 Å². The Hall–Kier alpha value is -9.93. The molecule has 6 nitrogen and oxygen atoms in total. The van der Waals surface area contributed by atoms with Crippen LogP contribution in [0, 0.1) is 34.0 Å². The zero-order valence-electron chi connectivity index (χ0n) is 38.6. The standard InChI is InChI=1S/C64H46N6/c1-3-5-21-50(4-2)68(51-22-11-6-12-23-51)56-38-32-47(33-39-56)62-59(44-65)63(48-34-40-57(41-35-48)69(52-24-13-7-14-25-52)53-26-15-8-16-27-53)61(46-67)64(60(62)45-66)49-36-42-58(43-37-49)70(54-28-17-9-18-29-54)55-30-19-10-20-31-55/h3-43H,2H2,1H3/b5-3-,50-21+. The minimum atomic E-state index is 0.232. The van der Waals surface area contributed by atoms with Gasteiger partial charge in [-0.1, -0.05) is 146 Å². The summed E-state index contributed by atoms with van der Waals surface area (Å²) in [5, 5.41) is 34.0. The minimum absolute atomic E-state index is 0.232. The fourth-order valence-corrected chi connectivity index (χ4v) is 8.94. The number of hydrogen-bond donors (Lipinski definition) is 0. The van der Waals surface area contributed by atoms with Crippen molar-refractivity contribution in [3.8, 4) is 51.6 Å². The van der Waals surface area contributed by atoms with Crippen LogP contribution in [0.1, 0.15) is 23.6 Å². The van der Waals surface area contributed by atoms with Crippen LogP contribution >= 0.6 is 0 Å². The lowest BCUT2D eigenvalue weighted by Gasteiger charge is -2.27. The van der Waals surface area contributed by atoms with Crippen LogP contribution in [0.25, 0.3) is 33.4 Å². The Balaban J connectivity index is 1.25. The Morgan fingerprint density at radius 3 is 0.900 bits per heavy atom. The summed E-state index contributed by atoms with van der Waals surface area (Å²) < 4.78 is 0. The lowest BCUT2D eigenvalue weighted by atomic mass is 9.80. The third-order valence-corrected chi connectivity index (χ3v) is 12.1. The van der Waals surface area contributed by atoms with Gasteiger partial charge in [-0.3, -0.25) is 0 Å². The van der Waals surface area contributed by atoms with E-state index in [0.29, 0.717) is 33.4 Å². The zero-order chi connectivity index (χ0) is 48.2. The fraction of sp³-hybridized carbons (Fsp3) is 0.0156. The van der Waals surface area contributed by atoms with Gasteiger partial charge in [-0.2, -0.15) is 15.8 Å². The first-order valence-corrected chi connectivity index (χ1v) is 22.9. The Morgan fingerprint density at radius 1 is 0.371 bits per heavy atom. The molecule has 0 aromatic heterocycles. The largest absolute Gasteiger partial charge is 0.311 e.